The number of aromatic hydroxyl groups is 1. The van der Waals surface area contributed by atoms with Gasteiger partial charge in [-0.15, -0.1) is 5.11 Å². The number of hydrogen-bond donors (Lipinski definition) is 1. The quantitative estimate of drug-likeness (QED) is 0.387. The highest BCUT2D eigenvalue weighted by Gasteiger charge is 2.28. The lowest BCUT2D eigenvalue weighted by molar-refractivity contribution is 0.314. The highest BCUT2D eigenvalue weighted by molar-refractivity contribution is 7.73. The Balaban J connectivity index is 2.51. The van der Waals surface area contributed by atoms with Crippen molar-refractivity contribution in [3.63, 3.8) is 0 Å². The van der Waals surface area contributed by atoms with E-state index in [1.54, 1.807) is 12.1 Å². The maximum Gasteiger partial charge on any atom is 0.221 e. The van der Waals surface area contributed by atoms with Crippen molar-refractivity contribution in [2.75, 3.05) is 7.11 Å². The van der Waals surface area contributed by atoms with E-state index in [4.69, 9.17) is 10.3 Å². The van der Waals surface area contributed by atoms with Gasteiger partial charge in [0.05, 0.1) is 12.8 Å². The lowest BCUT2D eigenvalue weighted by Crippen LogP contribution is -2.26. The van der Waals surface area contributed by atoms with E-state index in [2.05, 4.69) is 20.3 Å². The van der Waals surface area contributed by atoms with Gasteiger partial charge in [-0.2, -0.15) is 13.5 Å². The fourth-order valence-corrected chi connectivity index (χ4v) is 2.69. The number of methoxy groups -OCH3 is 1. The number of rotatable bonds is 4. The molecule has 10 heteroatoms. The number of ether oxygens (including phenoxy) is 1. The van der Waals surface area contributed by atoms with Crippen molar-refractivity contribution in [3.05, 3.63) is 57.8 Å². The Bertz CT molecular complexity index is 932. The van der Waals surface area contributed by atoms with Crippen LogP contribution in [-0.2, 0) is 15.0 Å². The zero-order valence-electron chi connectivity index (χ0n) is 12.8. The Labute approximate surface area is 138 Å². The summed E-state index contributed by atoms with van der Waals surface area (Å²) in [5.41, 5.74) is 9.88. The normalized spacial score (nSPS) is 17.1. The molecule has 0 bridgehead atoms. The Morgan fingerprint density at radius 2 is 2.04 bits per heavy atom. The first-order valence-corrected chi connectivity index (χ1v) is 7.73. The van der Waals surface area contributed by atoms with Crippen LogP contribution in [0.3, 0.4) is 0 Å². The molecule has 0 amide bonds. The largest absolute Gasteiger partial charge is 0.506 e. The molecule has 1 N–H and O–H groups in total. The minimum atomic E-state index is -2.67. The van der Waals surface area contributed by atoms with Gasteiger partial charge in [0, 0.05) is 4.91 Å². The molecule has 1 unspecified atom stereocenters. The molecule has 1 aliphatic rings. The summed E-state index contributed by atoms with van der Waals surface area (Å²) in [6, 6.07) is 3.58. The van der Waals surface area contributed by atoms with Crippen molar-refractivity contribution < 1.29 is 18.3 Å². The molecule has 0 fully saturated rings. The third-order valence-corrected chi connectivity index (χ3v) is 3.93. The van der Waals surface area contributed by atoms with Crippen molar-refractivity contribution in [3.8, 4) is 5.75 Å². The molecule has 0 aliphatic heterocycles. The molecule has 0 radical (unpaired) electrons. The summed E-state index contributed by atoms with van der Waals surface area (Å²) >= 11 is 0. The van der Waals surface area contributed by atoms with Gasteiger partial charge >= 0.3 is 0 Å². The van der Waals surface area contributed by atoms with Crippen LogP contribution >= 0.6 is 0 Å². The average Bonchev–Trinajstić information content (AvgIpc) is 2.56. The van der Waals surface area contributed by atoms with Gasteiger partial charge in [0.25, 0.3) is 0 Å². The second-order valence-electron chi connectivity index (χ2n) is 4.73. The number of phenols is 1. The van der Waals surface area contributed by atoms with E-state index in [0.717, 1.165) is 5.56 Å². The number of nitrogens with zero attached hydrogens (tertiary/aromatic N) is 5. The van der Waals surface area contributed by atoms with Gasteiger partial charge in [-0.05, 0) is 42.3 Å². The molecule has 1 aromatic carbocycles. The van der Waals surface area contributed by atoms with E-state index in [9.17, 15) is 13.5 Å². The predicted molar refractivity (Wildman–Crippen MR) is 87.4 cm³/mol. The van der Waals surface area contributed by atoms with Gasteiger partial charge < -0.3 is 9.84 Å². The zero-order valence-corrected chi connectivity index (χ0v) is 13.6. The number of phenolic OH excluding ortho intramolecular Hbond substituents is 1. The average molecular weight is 347 g/mol. The molecule has 0 aromatic heterocycles. The third-order valence-electron chi connectivity index (χ3n) is 3.15. The second-order valence-corrected chi connectivity index (χ2v) is 5.63. The standard InChI is InChI=1S/C14H13N5O4S/c1-8-3-5-11(20)10(7-8)17-16-9-4-6-12(23-2)14(24(21)22)13(9)18-19-15/h3-7,13,20H,1-2H3. The first-order valence-electron chi connectivity index (χ1n) is 6.65. The van der Waals surface area contributed by atoms with E-state index in [0.29, 0.717) is 0 Å². The second kappa shape index (κ2) is 7.44. The zero-order chi connectivity index (χ0) is 17.7. The highest BCUT2D eigenvalue weighted by Crippen LogP contribution is 2.29. The van der Waals surface area contributed by atoms with Crippen molar-refractivity contribution in [2.45, 2.75) is 13.0 Å². The molecule has 0 saturated carbocycles. The van der Waals surface area contributed by atoms with Gasteiger partial charge in [0.1, 0.15) is 28.1 Å². The number of azo groups is 1. The van der Waals surface area contributed by atoms with Gasteiger partial charge in [0.15, 0.2) is 0 Å². The monoisotopic (exact) mass is 347 g/mol. The number of benzene rings is 1. The summed E-state index contributed by atoms with van der Waals surface area (Å²) in [5, 5.41) is 21.1. The summed E-state index contributed by atoms with van der Waals surface area (Å²) in [4.78, 5) is 2.42. The number of aryl methyl sites for hydroxylation is 1. The first-order chi connectivity index (χ1) is 11.5. The molecule has 0 saturated heterocycles. The van der Waals surface area contributed by atoms with Crippen molar-refractivity contribution in [1.82, 2.24) is 0 Å². The molecule has 9 nitrogen and oxygen atoms in total. The van der Waals surface area contributed by atoms with Crippen LogP contribution in [0, 0.1) is 6.92 Å². The van der Waals surface area contributed by atoms with E-state index in [-0.39, 0.29) is 27.8 Å². The van der Waals surface area contributed by atoms with E-state index in [1.165, 1.54) is 25.3 Å². The summed E-state index contributed by atoms with van der Waals surface area (Å²) in [6.45, 7) is 1.82. The van der Waals surface area contributed by atoms with Crippen LogP contribution in [0.25, 0.3) is 10.4 Å². The third kappa shape index (κ3) is 3.62. The molecular weight excluding hydrogens is 334 g/mol. The predicted octanol–water partition coefficient (Wildman–Crippen LogP) is 2.94. The van der Waals surface area contributed by atoms with E-state index < -0.39 is 16.3 Å². The van der Waals surface area contributed by atoms with Crippen LogP contribution in [0.15, 0.2) is 57.2 Å². The van der Waals surface area contributed by atoms with Crippen molar-refractivity contribution in [2.24, 2.45) is 15.3 Å². The van der Waals surface area contributed by atoms with Gasteiger partial charge in [-0.25, -0.2) is 0 Å². The molecule has 1 aromatic rings. The van der Waals surface area contributed by atoms with Gasteiger partial charge in [0.2, 0.25) is 10.3 Å². The number of allylic oxidation sites excluding steroid dienone is 2. The van der Waals surface area contributed by atoms with Crippen LogP contribution in [0.4, 0.5) is 5.69 Å². The maximum absolute atomic E-state index is 11.4. The molecule has 24 heavy (non-hydrogen) atoms. The number of hydrogen-bond acceptors (Lipinski definition) is 7. The fourth-order valence-electron chi connectivity index (χ4n) is 2.02. The SMILES string of the molecule is COC1=CC=C(N=Nc2cc(C)ccc2O)C(N=[N+]=[N-])C1=S(=O)=O. The minimum Gasteiger partial charge on any atom is -0.506 e. The minimum absolute atomic E-state index is 0.0538. The van der Waals surface area contributed by atoms with Crippen LogP contribution < -0.4 is 0 Å². The topological polar surface area (TPSA) is 137 Å². The van der Waals surface area contributed by atoms with E-state index in [1.807, 2.05) is 6.92 Å². The van der Waals surface area contributed by atoms with Gasteiger partial charge in [-0.3, -0.25) is 0 Å². The molecular formula is C14H13N5O4S. The van der Waals surface area contributed by atoms with Crippen LogP contribution in [-0.4, -0.2) is 31.5 Å². The Kier molecular flexibility index (Phi) is 5.35. The van der Waals surface area contributed by atoms with E-state index >= 15 is 0 Å². The molecule has 124 valence electrons. The molecule has 0 heterocycles. The number of azide groups is 1. The molecule has 1 atom stereocenters. The Hall–Kier alpha value is -3.10. The van der Waals surface area contributed by atoms with Crippen LogP contribution in [0.1, 0.15) is 5.56 Å². The van der Waals surface area contributed by atoms with Crippen molar-refractivity contribution in [1.29, 1.82) is 0 Å². The molecule has 1 aliphatic carbocycles. The lowest BCUT2D eigenvalue weighted by atomic mass is 10.0. The fraction of sp³-hybridized carbons (Fsp3) is 0.214. The maximum atomic E-state index is 11.4. The summed E-state index contributed by atoms with van der Waals surface area (Å²) in [6.07, 6.45) is 2.82. The first kappa shape index (κ1) is 17.3. The summed E-state index contributed by atoms with van der Waals surface area (Å²) in [5.74, 6) is -0.0242. The highest BCUT2D eigenvalue weighted by atomic mass is 32.2. The smallest absolute Gasteiger partial charge is 0.221 e. The Morgan fingerprint density at radius 3 is 2.67 bits per heavy atom. The van der Waals surface area contributed by atoms with Crippen LogP contribution in [0.5, 0.6) is 5.75 Å². The summed E-state index contributed by atoms with van der Waals surface area (Å²) in [7, 11) is -1.37. The summed E-state index contributed by atoms with van der Waals surface area (Å²) < 4.78 is 27.9. The Morgan fingerprint density at radius 1 is 1.29 bits per heavy atom. The van der Waals surface area contributed by atoms with Crippen molar-refractivity contribution >= 4 is 20.8 Å². The molecule has 2 rings (SSSR count). The van der Waals surface area contributed by atoms with Crippen LogP contribution in [0.2, 0.25) is 0 Å². The molecule has 0 spiro atoms. The lowest BCUT2D eigenvalue weighted by Gasteiger charge is -2.17. The van der Waals surface area contributed by atoms with Gasteiger partial charge in [-0.1, -0.05) is 11.2 Å².